The lowest BCUT2D eigenvalue weighted by atomic mass is 9.96. The second-order valence-corrected chi connectivity index (χ2v) is 5.00. The molecule has 1 rings (SSSR count). The summed E-state index contributed by atoms with van der Waals surface area (Å²) in [5.41, 5.74) is 8.51. The Labute approximate surface area is 115 Å². The van der Waals surface area contributed by atoms with Crippen molar-refractivity contribution in [1.82, 2.24) is 10.2 Å². The van der Waals surface area contributed by atoms with Crippen molar-refractivity contribution in [2.24, 2.45) is 17.4 Å². The molecule has 0 radical (unpaired) electrons. The fourth-order valence-electron chi connectivity index (χ4n) is 1.87. The number of carboxylic acid groups (broad SMARTS) is 1. The molecule has 0 aromatic rings. The van der Waals surface area contributed by atoms with Crippen molar-refractivity contribution in [1.29, 1.82) is 0 Å². The Morgan fingerprint density at radius 1 is 1.20 bits per heavy atom. The zero-order valence-corrected chi connectivity index (χ0v) is 11.1. The molecule has 9 nitrogen and oxygen atoms in total. The molecule has 1 unspecified atom stereocenters. The predicted octanol–water partition coefficient (Wildman–Crippen LogP) is -1.78. The monoisotopic (exact) mass is 286 g/mol. The Bertz CT molecular complexity index is 432. The molecular formula is C11H18N4O5. The SMILES string of the molecule is CC(NC(=O)N(CC(N)=O)CC(N)=O)(C(=O)O)C1CC1. The van der Waals surface area contributed by atoms with E-state index in [9.17, 15) is 24.3 Å². The highest BCUT2D eigenvalue weighted by Gasteiger charge is 2.49. The van der Waals surface area contributed by atoms with Crippen LogP contribution in [0.5, 0.6) is 0 Å². The number of carbonyl (C=O) groups excluding carboxylic acids is 3. The third kappa shape index (κ3) is 3.84. The van der Waals surface area contributed by atoms with Gasteiger partial charge in [-0.3, -0.25) is 9.59 Å². The molecule has 0 bridgehead atoms. The first-order chi connectivity index (χ1) is 9.16. The molecule has 0 aromatic carbocycles. The molecule has 0 heterocycles. The van der Waals surface area contributed by atoms with E-state index in [1.54, 1.807) is 0 Å². The lowest BCUT2D eigenvalue weighted by Crippen LogP contribution is -2.59. The van der Waals surface area contributed by atoms with Crippen LogP contribution in [-0.4, -0.2) is 52.4 Å². The van der Waals surface area contributed by atoms with Crippen LogP contribution in [0, 0.1) is 5.92 Å². The van der Waals surface area contributed by atoms with Gasteiger partial charge in [-0.25, -0.2) is 9.59 Å². The van der Waals surface area contributed by atoms with E-state index < -0.39 is 42.4 Å². The number of rotatable bonds is 7. The fraction of sp³-hybridized carbons (Fsp3) is 0.636. The summed E-state index contributed by atoms with van der Waals surface area (Å²) in [6.07, 6.45) is 1.38. The maximum atomic E-state index is 12.0. The number of aliphatic carboxylic acids is 1. The van der Waals surface area contributed by atoms with E-state index in [2.05, 4.69) is 5.32 Å². The first kappa shape index (κ1) is 15.7. The van der Waals surface area contributed by atoms with Gasteiger partial charge in [0.25, 0.3) is 0 Å². The van der Waals surface area contributed by atoms with Gasteiger partial charge < -0.3 is 26.8 Å². The van der Waals surface area contributed by atoms with Crippen LogP contribution in [0.4, 0.5) is 4.79 Å². The van der Waals surface area contributed by atoms with Crippen LogP contribution >= 0.6 is 0 Å². The zero-order chi connectivity index (χ0) is 15.5. The Morgan fingerprint density at radius 2 is 1.65 bits per heavy atom. The van der Waals surface area contributed by atoms with E-state index in [0.29, 0.717) is 12.8 Å². The van der Waals surface area contributed by atoms with Gasteiger partial charge in [0.05, 0.1) is 0 Å². The summed E-state index contributed by atoms with van der Waals surface area (Å²) in [6.45, 7) is 0.349. The molecule has 112 valence electrons. The summed E-state index contributed by atoms with van der Waals surface area (Å²) >= 11 is 0. The first-order valence-corrected chi connectivity index (χ1v) is 6.04. The van der Waals surface area contributed by atoms with Crippen LogP contribution in [0.3, 0.4) is 0 Å². The lowest BCUT2D eigenvalue weighted by molar-refractivity contribution is -0.144. The quantitative estimate of drug-likeness (QED) is 0.435. The number of primary amides is 2. The zero-order valence-electron chi connectivity index (χ0n) is 11.1. The average molecular weight is 286 g/mol. The Morgan fingerprint density at radius 3 is 1.95 bits per heavy atom. The normalized spacial score (nSPS) is 16.9. The van der Waals surface area contributed by atoms with Gasteiger partial charge in [-0.2, -0.15) is 0 Å². The summed E-state index contributed by atoms with van der Waals surface area (Å²) in [7, 11) is 0. The van der Waals surface area contributed by atoms with Gasteiger partial charge in [-0.15, -0.1) is 0 Å². The molecule has 1 aliphatic rings. The standard InChI is InChI=1S/C11H18N4O5/c1-11(9(18)19,6-2-3-6)14-10(20)15(4-7(12)16)5-8(13)17/h6H,2-5H2,1H3,(H2,12,16)(H2,13,17)(H,14,20)(H,18,19). The summed E-state index contributed by atoms with van der Waals surface area (Å²) in [5.74, 6) is -3.01. The Kier molecular flexibility index (Phi) is 4.53. The lowest BCUT2D eigenvalue weighted by Gasteiger charge is -2.29. The number of carboxylic acids is 1. The minimum Gasteiger partial charge on any atom is -0.480 e. The van der Waals surface area contributed by atoms with Crippen molar-refractivity contribution < 1.29 is 24.3 Å². The molecule has 0 aromatic heterocycles. The van der Waals surface area contributed by atoms with E-state index in [4.69, 9.17) is 11.5 Å². The molecule has 6 N–H and O–H groups in total. The van der Waals surface area contributed by atoms with Crippen LogP contribution in [0.25, 0.3) is 0 Å². The highest BCUT2D eigenvalue weighted by molar-refractivity contribution is 5.91. The van der Waals surface area contributed by atoms with Gasteiger partial charge in [-0.1, -0.05) is 0 Å². The largest absolute Gasteiger partial charge is 0.480 e. The maximum absolute atomic E-state index is 12.0. The van der Waals surface area contributed by atoms with E-state index in [1.807, 2.05) is 0 Å². The molecule has 1 aliphatic carbocycles. The number of hydrogen-bond donors (Lipinski definition) is 4. The summed E-state index contributed by atoms with van der Waals surface area (Å²) in [6, 6.07) is -0.862. The smallest absolute Gasteiger partial charge is 0.329 e. The highest BCUT2D eigenvalue weighted by Crippen LogP contribution is 2.39. The highest BCUT2D eigenvalue weighted by atomic mass is 16.4. The fourth-order valence-corrected chi connectivity index (χ4v) is 1.87. The molecular weight excluding hydrogens is 268 g/mol. The van der Waals surface area contributed by atoms with E-state index >= 15 is 0 Å². The topological polar surface area (TPSA) is 156 Å². The molecule has 20 heavy (non-hydrogen) atoms. The third-order valence-corrected chi connectivity index (χ3v) is 3.19. The van der Waals surface area contributed by atoms with Gasteiger partial charge in [-0.05, 0) is 25.7 Å². The van der Waals surface area contributed by atoms with E-state index in [1.165, 1.54) is 6.92 Å². The van der Waals surface area contributed by atoms with Crippen molar-refractivity contribution in [3.8, 4) is 0 Å². The molecule has 1 atom stereocenters. The number of carbonyl (C=O) groups is 4. The minimum atomic E-state index is -1.44. The van der Waals surface area contributed by atoms with Crippen LogP contribution in [0.2, 0.25) is 0 Å². The molecule has 4 amide bonds. The van der Waals surface area contributed by atoms with E-state index in [-0.39, 0.29) is 5.92 Å². The average Bonchev–Trinajstić information content (AvgIpc) is 3.10. The maximum Gasteiger partial charge on any atom is 0.329 e. The van der Waals surface area contributed by atoms with Crippen LogP contribution in [0.1, 0.15) is 19.8 Å². The van der Waals surface area contributed by atoms with Crippen molar-refractivity contribution in [2.75, 3.05) is 13.1 Å². The van der Waals surface area contributed by atoms with Gasteiger partial charge in [0.1, 0.15) is 18.6 Å². The van der Waals surface area contributed by atoms with Crippen molar-refractivity contribution in [2.45, 2.75) is 25.3 Å². The molecule has 0 aliphatic heterocycles. The first-order valence-electron chi connectivity index (χ1n) is 6.04. The second-order valence-electron chi connectivity index (χ2n) is 5.00. The second kappa shape index (κ2) is 5.76. The molecule has 0 spiro atoms. The Balaban J connectivity index is 2.80. The number of hydrogen-bond acceptors (Lipinski definition) is 4. The van der Waals surface area contributed by atoms with Gasteiger partial charge >= 0.3 is 12.0 Å². The summed E-state index contributed by atoms with van der Waals surface area (Å²) in [4.78, 5) is 45.8. The van der Waals surface area contributed by atoms with Gasteiger partial charge in [0, 0.05) is 0 Å². The summed E-state index contributed by atoms with van der Waals surface area (Å²) in [5, 5.41) is 11.6. The number of nitrogens with two attached hydrogens (primary N) is 2. The van der Waals surface area contributed by atoms with Gasteiger partial charge in [0.2, 0.25) is 11.8 Å². The number of amides is 4. The molecule has 1 saturated carbocycles. The summed E-state index contributed by atoms with van der Waals surface area (Å²) < 4.78 is 0. The van der Waals surface area contributed by atoms with E-state index in [0.717, 1.165) is 4.90 Å². The predicted molar refractivity (Wildman–Crippen MR) is 67.3 cm³/mol. The Hall–Kier alpha value is -2.32. The van der Waals surface area contributed by atoms with Crippen molar-refractivity contribution in [3.05, 3.63) is 0 Å². The number of nitrogens with zero attached hydrogens (tertiary/aromatic N) is 1. The van der Waals surface area contributed by atoms with Crippen molar-refractivity contribution in [3.63, 3.8) is 0 Å². The van der Waals surface area contributed by atoms with Gasteiger partial charge in [0.15, 0.2) is 0 Å². The molecule has 1 fully saturated rings. The molecule has 0 saturated heterocycles. The minimum absolute atomic E-state index is 0.173. The molecule has 9 heteroatoms. The number of nitrogens with one attached hydrogen (secondary N) is 1. The number of urea groups is 1. The third-order valence-electron chi connectivity index (χ3n) is 3.19. The van der Waals surface area contributed by atoms with Crippen molar-refractivity contribution >= 4 is 23.8 Å². The van der Waals surface area contributed by atoms with Crippen LogP contribution in [0.15, 0.2) is 0 Å². The van der Waals surface area contributed by atoms with Crippen LogP contribution in [-0.2, 0) is 14.4 Å². The van der Waals surface area contributed by atoms with Crippen LogP contribution < -0.4 is 16.8 Å².